The molecule has 1 saturated heterocycles. The number of nitrogens with one attached hydrogen (secondary N) is 2. The smallest absolute Gasteiger partial charge is 0.328 e. The van der Waals surface area contributed by atoms with Crippen molar-refractivity contribution in [2.75, 3.05) is 54.6 Å². The number of esters is 1. The molecule has 1 unspecified atom stereocenters. The molecule has 0 aromatic heterocycles. The van der Waals surface area contributed by atoms with Gasteiger partial charge in [-0.2, -0.15) is 0 Å². The van der Waals surface area contributed by atoms with Crippen LogP contribution >= 0.6 is 0 Å². The van der Waals surface area contributed by atoms with Crippen LogP contribution in [-0.2, 0) is 59.0 Å². The molecule has 0 aliphatic carbocycles. The molecule has 1 aromatic rings. The SMILES string of the molecule is CC[C@H](C)[C@@H]([C@@H](CC(=O)N1CCC=C1[C@H](OC)[C@@H](C)C(=O)N[C@@H](Cc1ccccc1)C(=O)OC)OC)N(C)C(=O)[C@@H](NC(=O)C1CCCN(C(=O)C/C=C/CCN2C(=O)C=CC2=O)CC1)C(C)C. The van der Waals surface area contributed by atoms with E-state index in [1.807, 2.05) is 64.1 Å². The number of carbonyl (C=O) groups excluding carboxylic acids is 8. The number of hydrogen-bond donors (Lipinski definition) is 2. The summed E-state index contributed by atoms with van der Waals surface area (Å²) in [7, 11) is 5.94. The summed E-state index contributed by atoms with van der Waals surface area (Å²) >= 11 is 0. The van der Waals surface area contributed by atoms with E-state index in [0.717, 1.165) is 10.5 Å². The van der Waals surface area contributed by atoms with E-state index in [1.165, 1.54) is 33.5 Å². The highest BCUT2D eigenvalue weighted by Crippen LogP contribution is 2.30. The van der Waals surface area contributed by atoms with Gasteiger partial charge in [-0.15, -0.1) is 0 Å². The Balaban J connectivity index is 1.38. The summed E-state index contributed by atoms with van der Waals surface area (Å²) in [5.41, 5.74) is 1.38. The zero-order chi connectivity index (χ0) is 50.1. The number of imide groups is 1. The van der Waals surface area contributed by atoms with E-state index >= 15 is 0 Å². The van der Waals surface area contributed by atoms with Crippen LogP contribution < -0.4 is 10.6 Å². The lowest BCUT2D eigenvalue weighted by Crippen LogP contribution is -2.58. The van der Waals surface area contributed by atoms with Crippen molar-refractivity contribution < 1.29 is 52.6 Å². The van der Waals surface area contributed by atoms with Crippen molar-refractivity contribution in [2.24, 2.45) is 23.7 Å². The molecule has 0 radical (unpaired) electrons. The third-order valence-electron chi connectivity index (χ3n) is 13.5. The maximum Gasteiger partial charge on any atom is 0.328 e. The lowest BCUT2D eigenvalue weighted by molar-refractivity contribution is -0.146. The molecule has 1 aromatic carbocycles. The Hall–Kier alpha value is -5.68. The molecule has 3 aliphatic heterocycles. The summed E-state index contributed by atoms with van der Waals surface area (Å²) in [4.78, 5) is 112. The highest BCUT2D eigenvalue weighted by molar-refractivity contribution is 6.12. The van der Waals surface area contributed by atoms with Crippen molar-refractivity contribution in [3.63, 3.8) is 0 Å². The normalized spacial score (nSPS) is 19.5. The second-order valence-corrected chi connectivity index (χ2v) is 18.4. The van der Waals surface area contributed by atoms with E-state index in [2.05, 4.69) is 10.6 Å². The molecule has 0 saturated carbocycles. The highest BCUT2D eigenvalue weighted by atomic mass is 16.5. The van der Waals surface area contributed by atoms with Crippen LogP contribution in [0.4, 0.5) is 0 Å². The van der Waals surface area contributed by atoms with E-state index in [4.69, 9.17) is 14.2 Å². The average molecular weight is 947 g/mol. The molecule has 8 atom stereocenters. The van der Waals surface area contributed by atoms with Crippen LogP contribution in [0.15, 0.2) is 66.4 Å². The van der Waals surface area contributed by atoms with Gasteiger partial charge in [-0.25, -0.2) is 4.79 Å². The molecule has 2 N–H and O–H groups in total. The Bertz CT molecular complexity index is 2000. The first kappa shape index (κ1) is 54.9. The average Bonchev–Trinajstić information content (AvgIpc) is 3.85. The van der Waals surface area contributed by atoms with Crippen molar-refractivity contribution in [1.29, 1.82) is 0 Å². The minimum absolute atomic E-state index is 0.0748. The number of hydrogen-bond acceptors (Lipinski definition) is 11. The van der Waals surface area contributed by atoms with Crippen LogP contribution in [0.2, 0.25) is 0 Å². The minimum Gasteiger partial charge on any atom is -0.467 e. The molecule has 3 aliphatic rings. The van der Waals surface area contributed by atoms with E-state index < -0.39 is 54.0 Å². The Morgan fingerprint density at radius 2 is 1.56 bits per heavy atom. The largest absolute Gasteiger partial charge is 0.467 e. The number of carbonyl (C=O) groups is 8. The van der Waals surface area contributed by atoms with Crippen LogP contribution in [0.5, 0.6) is 0 Å². The minimum atomic E-state index is -0.936. The van der Waals surface area contributed by atoms with Gasteiger partial charge in [0.05, 0.1) is 31.6 Å². The zero-order valence-electron chi connectivity index (χ0n) is 41.4. The zero-order valence-corrected chi connectivity index (χ0v) is 41.4. The lowest BCUT2D eigenvalue weighted by Gasteiger charge is -2.40. The van der Waals surface area contributed by atoms with E-state index in [-0.39, 0.29) is 73.1 Å². The second-order valence-electron chi connectivity index (χ2n) is 18.4. The van der Waals surface area contributed by atoms with Crippen molar-refractivity contribution >= 4 is 47.3 Å². The number of ether oxygens (including phenoxy) is 3. The van der Waals surface area contributed by atoms with Gasteiger partial charge in [-0.3, -0.25) is 38.5 Å². The van der Waals surface area contributed by atoms with Gasteiger partial charge in [-0.05, 0) is 49.5 Å². The van der Waals surface area contributed by atoms with Crippen LogP contribution in [-0.4, -0.2) is 152 Å². The maximum atomic E-state index is 14.5. The molecule has 68 heavy (non-hydrogen) atoms. The topological polar surface area (TPSA) is 201 Å². The van der Waals surface area contributed by atoms with Crippen LogP contribution in [0.25, 0.3) is 0 Å². The monoisotopic (exact) mass is 947 g/mol. The number of rotatable bonds is 24. The summed E-state index contributed by atoms with van der Waals surface area (Å²) in [6, 6.07) is 6.94. The summed E-state index contributed by atoms with van der Waals surface area (Å²) in [5.74, 6) is -4.19. The molecule has 4 rings (SSSR count). The van der Waals surface area contributed by atoms with Crippen LogP contribution in [0.3, 0.4) is 0 Å². The first-order chi connectivity index (χ1) is 32.5. The van der Waals surface area contributed by atoms with Gasteiger partial charge in [0.2, 0.25) is 29.5 Å². The van der Waals surface area contributed by atoms with Gasteiger partial charge in [0.25, 0.3) is 11.8 Å². The molecule has 374 valence electrons. The molecule has 17 heteroatoms. The number of likely N-dealkylation sites (N-methyl/N-ethyl adjacent to an activating group) is 1. The third kappa shape index (κ3) is 14.7. The Morgan fingerprint density at radius 1 is 0.868 bits per heavy atom. The van der Waals surface area contributed by atoms with Crippen molar-refractivity contribution in [2.45, 2.75) is 123 Å². The Morgan fingerprint density at radius 3 is 2.18 bits per heavy atom. The Kier molecular flexibility index (Phi) is 21.6. The second kappa shape index (κ2) is 26.8. The fraction of sp³-hybridized carbons (Fsp3) is 0.608. The Labute approximate surface area is 402 Å². The first-order valence-electron chi connectivity index (χ1n) is 24.0. The van der Waals surface area contributed by atoms with Gasteiger partial charge in [0.15, 0.2) is 0 Å². The van der Waals surface area contributed by atoms with Gasteiger partial charge in [0, 0.05) is 84.1 Å². The van der Waals surface area contributed by atoms with Crippen molar-refractivity contribution in [1.82, 2.24) is 30.2 Å². The van der Waals surface area contributed by atoms with Gasteiger partial charge in [-0.1, -0.05) is 89.6 Å². The summed E-state index contributed by atoms with van der Waals surface area (Å²) in [5, 5.41) is 5.88. The number of methoxy groups -OCH3 is 3. The fourth-order valence-electron chi connectivity index (χ4n) is 9.24. The molecule has 0 spiro atoms. The maximum absolute atomic E-state index is 14.5. The predicted octanol–water partition coefficient (Wildman–Crippen LogP) is 3.96. The molecular weight excluding hydrogens is 873 g/mol. The molecule has 7 amide bonds. The summed E-state index contributed by atoms with van der Waals surface area (Å²) < 4.78 is 16.9. The number of nitrogens with zero attached hydrogens (tertiary/aromatic N) is 4. The fourth-order valence-corrected chi connectivity index (χ4v) is 9.24. The highest BCUT2D eigenvalue weighted by Gasteiger charge is 2.41. The molecule has 3 heterocycles. The molecule has 0 bridgehead atoms. The first-order valence-corrected chi connectivity index (χ1v) is 24.0. The molecule has 17 nitrogen and oxygen atoms in total. The number of amides is 7. The predicted molar refractivity (Wildman–Crippen MR) is 255 cm³/mol. The third-order valence-corrected chi connectivity index (χ3v) is 13.5. The van der Waals surface area contributed by atoms with E-state index in [9.17, 15) is 38.4 Å². The standard InChI is InChI=1S/C51H74N6O11/c1-10-34(4)46(40(66-7)32-44(61)56-29-18-22-39(56)47(67-8)35(5)48(62)52-38(51(65)68-9)31-36-19-13-11-14-20-36)54(6)50(64)45(33(2)3)53-49(63)37-21-17-27-55(30-26-37)41(58)23-15-12-16-28-57-42(59)24-25-43(57)60/h11-15,19-20,22,24-25,33-35,37-38,40,45-47H,10,16-18,21,23,26-32H2,1-9H3,(H,52,62)(H,53,63)/b15-12+/t34-,35+,37?,38-,40+,45-,46-,47+/m0/s1. The number of benzene rings is 1. The van der Waals surface area contributed by atoms with Crippen LogP contribution in [0.1, 0.15) is 91.5 Å². The summed E-state index contributed by atoms with van der Waals surface area (Å²) in [6.45, 7) is 10.9. The van der Waals surface area contributed by atoms with Crippen molar-refractivity contribution in [3.05, 3.63) is 72.0 Å². The summed E-state index contributed by atoms with van der Waals surface area (Å²) in [6.07, 6.45) is 9.91. The van der Waals surface area contributed by atoms with Crippen LogP contribution in [0, 0.1) is 23.7 Å². The van der Waals surface area contributed by atoms with Gasteiger partial charge < -0.3 is 39.5 Å². The molecule has 1 fully saturated rings. The lowest BCUT2D eigenvalue weighted by atomic mass is 9.89. The van der Waals surface area contributed by atoms with Gasteiger partial charge in [0.1, 0.15) is 18.2 Å². The quantitative estimate of drug-likeness (QED) is 0.0864. The van der Waals surface area contributed by atoms with Gasteiger partial charge >= 0.3 is 5.97 Å². The van der Waals surface area contributed by atoms with E-state index in [1.54, 1.807) is 40.8 Å². The molecular formula is C51H74N6O11. The van der Waals surface area contributed by atoms with E-state index in [0.29, 0.717) is 63.9 Å². The number of likely N-dealkylation sites (tertiary alicyclic amines) is 1. The van der Waals surface area contributed by atoms with Crippen molar-refractivity contribution in [3.8, 4) is 0 Å².